The van der Waals surface area contributed by atoms with Crippen molar-refractivity contribution >= 4 is 5.78 Å². The molecule has 11 heteroatoms. The molecule has 162 valence electrons. The highest BCUT2D eigenvalue weighted by atomic mass is 16.5. The second-order valence-corrected chi connectivity index (χ2v) is 6.83. The van der Waals surface area contributed by atoms with Gasteiger partial charge in [-0.1, -0.05) is 0 Å². The van der Waals surface area contributed by atoms with Crippen molar-refractivity contribution in [1.82, 2.24) is 0 Å². The predicted molar refractivity (Wildman–Crippen MR) is 97.4 cm³/mol. The number of phenols is 5. The van der Waals surface area contributed by atoms with E-state index in [1.54, 1.807) is 0 Å². The van der Waals surface area contributed by atoms with Gasteiger partial charge in [-0.3, -0.25) is 4.79 Å². The quantitative estimate of drug-likeness (QED) is 0.214. The van der Waals surface area contributed by atoms with Crippen molar-refractivity contribution in [2.75, 3.05) is 6.61 Å². The maximum atomic E-state index is 12.8. The minimum Gasteiger partial charge on any atom is -0.507 e. The van der Waals surface area contributed by atoms with Gasteiger partial charge in [0.1, 0.15) is 53.3 Å². The predicted octanol–water partition coefficient (Wildman–Crippen LogP) is -1.04. The van der Waals surface area contributed by atoms with Gasteiger partial charge in [-0.2, -0.15) is 0 Å². The Hall–Kier alpha value is -3.09. The number of aliphatic hydroxyl groups is 4. The fourth-order valence-corrected chi connectivity index (χ4v) is 3.31. The fraction of sp³-hybridized carbons (Fsp3) is 0.316. The molecule has 9 N–H and O–H groups in total. The lowest BCUT2D eigenvalue weighted by atomic mass is 9.88. The van der Waals surface area contributed by atoms with Gasteiger partial charge in [0.15, 0.2) is 11.5 Å². The van der Waals surface area contributed by atoms with Crippen molar-refractivity contribution < 1.29 is 55.5 Å². The monoisotopic (exact) mass is 424 g/mol. The van der Waals surface area contributed by atoms with Gasteiger partial charge in [0.2, 0.25) is 5.78 Å². The van der Waals surface area contributed by atoms with Crippen molar-refractivity contribution in [1.29, 1.82) is 0 Å². The number of hydrogen-bond acceptors (Lipinski definition) is 11. The number of ether oxygens (including phenoxy) is 1. The van der Waals surface area contributed by atoms with Gasteiger partial charge < -0.3 is 50.7 Å². The van der Waals surface area contributed by atoms with E-state index in [9.17, 15) is 50.8 Å². The Balaban J connectivity index is 2.11. The van der Waals surface area contributed by atoms with Crippen LogP contribution < -0.4 is 0 Å². The van der Waals surface area contributed by atoms with E-state index < -0.39 is 82.8 Å². The first kappa shape index (κ1) is 21.6. The minimum atomic E-state index is -1.87. The van der Waals surface area contributed by atoms with Crippen molar-refractivity contribution in [3.05, 3.63) is 41.0 Å². The second kappa shape index (κ2) is 7.97. The van der Waals surface area contributed by atoms with E-state index in [0.29, 0.717) is 6.07 Å². The van der Waals surface area contributed by atoms with Crippen molar-refractivity contribution in [2.24, 2.45) is 0 Å². The Labute approximate surface area is 168 Å². The van der Waals surface area contributed by atoms with Crippen molar-refractivity contribution in [3.8, 4) is 28.7 Å². The van der Waals surface area contributed by atoms with Gasteiger partial charge >= 0.3 is 0 Å². The Bertz CT molecular complexity index is 971. The molecule has 1 fully saturated rings. The average Bonchev–Trinajstić information content (AvgIpc) is 2.69. The highest BCUT2D eigenvalue weighted by molar-refractivity contribution is 6.13. The lowest BCUT2D eigenvalue weighted by Gasteiger charge is -2.40. The zero-order chi connectivity index (χ0) is 22.3. The Morgan fingerprint density at radius 3 is 2.10 bits per heavy atom. The molecular formula is C19H20O11. The molecule has 1 heterocycles. The molecule has 3 rings (SSSR count). The normalized spacial score (nSPS) is 26.5. The van der Waals surface area contributed by atoms with E-state index in [4.69, 9.17) is 4.74 Å². The van der Waals surface area contributed by atoms with Crippen molar-refractivity contribution in [3.63, 3.8) is 0 Å². The largest absolute Gasteiger partial charge is 0.507 e. The summed E-state index contributed by atoms with van der Waals surface area (Å²) in [6.07, 6.45) is -8.41. The molecule has 2 aromatic rings. The molecule has 30 heavy (non-hydrogen) atoms. The molecule has 0 unspecified atom stereocenters. The smallest absolute Gasteiger partial charge is 0.200 e. The van der Waals surface area contributed by atoms with Crippen LogP contribution in [0.2, 0.25) is 0 Å². The summed E-state index contributed by atoms with van der Waals surface area (Å²) >= 11 is 0. The van der Waals surface area contributed by atoms with Crippen LogP contribution in [0.3, 0.4) is 0 Å². The van der Waals surface area contributed by atoms with Crippen LogP contribution in [0.1, 0.15) is 27.6 Å². The first-order valence-corrected chi connectivity index (χ1v) is 8.73. The lowest BCUT2D eigenvalue weighted by molar-refractivity contribution is -0.232. The molecule has 0 bridgehead atoms. The SMILES string of the molecule is O=C(c1ccc(O)c(O)c1)c1c(O)cc(O)c([C@@H]2O[C@H](CO)[C@@H](O)[C@H](O)[C@H]2O)c1O. The van der Waals surface area contributed by atoms with E-state index >= 15 is 0 Å². The van der Waals surface area contributed by atoms with E-state index in [0.717, 1.165) is 18.2 Å². The Morgan fingerprint density at radius 2 is 1.50 bits per heavy atom. The molecule has 0 aliphatic carbocycles. The third-order valence-corrected chi connectivity index (χ3v) is 4.94. The number of aromatic hydroxyl groups is 5. The molecule has 0 spiro atoms. The summed E-state index contributed by atoms with van der Waals surface area (Å²) in [5, 5.41) is 89.3. The summed E-state index contributed by atoms with van der Waals surface area (Å²) in [4.78, 5) is 12.8. The third kappa shape index (κ3) is 3.49. The molecule has 2 aromatic carbocycles. The van der Waals surface area contributed by atoms with Crippen LogP contribution in [-0.2, 0) is 4.74 Å². The van der Waals surface area contributed by atoms with E-state index in [-0.39, 0.29) is 5.56 Å². The van der Waals surface area contributed by atoms with Crippen LogP contribution >= 0.6 is 0 Å². The molecule has 0 saturated carbocycles. The second-order valence-electron chi connectivity index (χ2n) is 6.83. The number of carbonyl (C=O) groups is 1. The molecule has 0 aromatic heterocycles. The molecule has 0 radical (unpaired) electrons. The van der Waals surface area contributed by atoms with Gasteiger partial charge in [-0.25, -0.2) is 0 Å². The van der Waals surface area contributed by atoms with Gasteiger partial charge in [0.05, 0.1) is 12.2 Å². The maximum absolute atomic E-state index is 12.8. The standard InChI is InChI=1S/C19H20O11/c20-5-11-15(26)17(28)18(29)19(30-11)13-10(24)4-9(23)12(16(13)27)14(25)6-1-2-7(21)8(22)3-6/h1-4,11,15,17-24,26-29H,5H2/t11-,15-,17+,18-,19+/m1/s1. The number of rotatable bonds is 4. The van der Waals surface area contributed by atoms with Gasteiger partial charge in [0.25, 0.3) is 0 Å². The van der Waals surface area contributed by atoms with Crippen molar-refractivity contribution in [2.45, 2.75) is 30.5 Å². The number of carbonyl (C=O) groups excluding carboxylic acids is 1. The summed E-state index contributed by atoms with van der Waals surface area (Å²) in [6.45, 7) is -0.764. The van der Waals surface area contributed by atoms with Crippen LogP contribution in [0.15, 0.2) is 24.3 Å². The minimum absolute atomic E-state index is 0.235. The Morgan fingerprint density at radius 1 is 0.833 bits per heavy atom. The maximum Gasteiger partial charge on any atom is 0.200 e. The molecule has 11 nitrogen and oxygen atoms in total. The third-order valence-electron chi connectivity index (χ3n) is 4.94. The van der Waals surface area contributed by atoms with Gasteiger partial charge in [-0.05, 0) is 18.2 Å². The number of hydrogen-bond donors (Lipinski definition) is 9. The van der Waals surface area contributed by atoms with Gasteiger partial charge in [0, 0.05) is 11.6 Å². The van der Waals surface area contributed by atoms with Crippen LogP contribution in [-0.4, -0.2) is 82.8 Å². The van der Waals surface area contributed by atoms with Crippen LogP contribution in [0.4, 0.5) is 0 Å². The van der Waals surface area contributed by atoms with Crippen LogP contribution in [0.25, 0.3) is 0 Å². The van der Waals surface area contributed by atoms with Crippen LogP contribution in [0.5, 0.6) is 28.7 Å². The number of benzene rings is 2. The van der Waals surface area contributed by atoms with Gasteiger partial charge in [-0.15, -0.1) is 0 Å². The lowest BCUT2D eigenvalue weighted by Crippen LogP contribution is -2.55. The van der Waals surface area contributed by atoms with E-state index in [2.05, 4.69) is 0 Å². The van der Waals surface area contributed by atoms with E-state index in [1.807, 2.05) is 0 Å². The molecular weight excluding hydrogens is 404 g/mol. The molecule has 1 saturated heterocycles. The summed E-state index contributed by atoms with van der Waals surface area (Å²) in [6, 6.07) is 3.70. The summed E-state index contributed by atoms with van der Waals surface area (Å²) in [5.41, 5.74) is -1.53. The topological polar surface area (TPSA) is 208 Å². The molecule has 0 amide bonds. The Kier molecular flexibility index (Phi) is 5.74. The average molecular weight is 424 g/mol. The summed E-state index contributed by atoms with van der Waals surface area (Å²) < 4.78 is 5.30. The molecule has 1 aliphatic heterocycles. The highest BCUT2D eigenvalue weighted by Gasteiger charge is 2.46. The molecule has 5 atom stereocenters. The number of ketones is 1. The first-order valence-electron chi connectivity index (χ1n) is 8.73. The van der Waals surface area contributed by atoms with Crippen LogP contribution in [0, 0.1) is 0 Å². The summed E-state index contributed by atoms with van der Waals surface area (Å²) in [5.74, 6) is -4.77. The zero-order valence-corrected chi connectivity index (χ0v) is 15.2. The first-order chi connectivity index (χ1) is 14.1. The highest BCUT2D eigenvalue weighted by Crippen LogP contribution is 2.46. The van der Waals surface area contributed by atoms with E-state index in [1.165, 1.54) is 0 Å². The summed E-state index contributed by atoms with van der Waals surface area (Å²) in [7, 11) is 0. The fourth-order valence-electron chi connectivity index (χ4n) is 3.31. The zero-order valence-electron chi connectivity index (χ0n) is 15.2. The number of aliphatic hydroxyl groups excluding tert-OH is 4. The molecule has 1 aliphatic rings. The number of phenolic OH excluding ortho intramolecular Hbond substituents is 5.